The summed E-state index contributed by atoms with van der Waals surface area (Å²) in [6, 6.07) is 8.17. The van der Waals surface area contributed by atoms with Crippen LogP contribution in [0, 0.1) is 0 Å². The predicted molar refractivity (Wildman–Crippen MR) is 96.7 cm³/mol. The van der Waals surface area contributed by atoms with Crippen molar-refractivity contribution in [1.82, 2.24) is 10.2 Å². The van der Waals surface area contributed by atoms with Gasteiger partial charge in [0.05, 0.1) is 17.8 Å². The number of benzene rings is 1. The Balaban J connectivity index is 1.63. The summed E-state index contributed by atoms with van der Waals surface area (Å²) in [6.45, 7) is 8.94. The van der Waals surface area contributed by atoms with Gasteiger partial charge in [-0.05, 0) is 51.8 Å². The monoisotopic (exact) mass is 331 g/mol. The number of piperidine rings is 1. The number of rotatable bonds is 4. The molecule has 5 heteroatoms. The zero-order chi connectivity index (χ0) is 17.0. The molecule has 0 radical (unpaired) electrons. The molecule has 2 aliphatic heterocycles. The number of carbonyl (C=O) groups is 1. The molecule has 2 aliphatic rings. The fourth-order valence-electron chi connectivity index (χ4n) is 3.73. The van der Waals surface area contributed by atoms with Crippen LogP contribution < -0.4 is 15.0 Å². The van der Waals surface area contributed by atoms with E-state index in [9.17, 15) is 4.79 Å². The van der Waals surface area contributed by atoms with Gasteiger partial charge in [-0.3, -0.25) is 4.79 Å². The van der Waals surface area contributed by atoms with Crippen LogP contribution in [0.1, 0.15) is 33.1 Å². The van der Waals surface area contributed by atoms with E-state index < -0.39 is 0 Å². The molecule has 1 N–H and O–H groups in total. The Bertz CT molecular complexity index is 561. The fraction of sp³-hybridized carbons (Fsp3) is 0.632. The van der Waals surface area contributed by atoms with Gasteiger partial charge in [0, 0.05) is 26.2 Å². The number of amides is 1. The van der Waals surface area contributed by atoms with Crippen molar-refractivity contribution < 1.29 is 9.53 Å². The van der Waals surface area contributed by atoms with Crippen molar-refractivity contribution in [3.05, 3.63) is 24.3 Å². The highest BCUT2D eigenvalue weighted by Crippen LogP contribution is 2.29. The molecule has 2 saturated heterocycles. The summed E-state index contributed by atoms with van der Waals surface area (Å²) in [5, 5.41) is 3.44. The van der Waals surface area contributed by atoms with E-state index in [0.29, 0.717) is 6.61 Å². The quantitative estimate of drug-likeness (QED) is 0.919. The lowest BCUT2D eigenvalue weighted by Crippen LogP contribution is -2.61. The fourth-order valence-corrected chi connectivity index (χ4v) is 3.73. The molecule has 1 aromatic rings. The molecule has 5 nitrogen and oxygen atoms in total. The average molecular weight is 331 g/mol. The van der Waals surface area contributed by atoms with Gasteiger partial charge >= 0.3 is 0 Å². The molecular formula is C19H29N3O2. The third-order valence-electron chi connectivity index (χ3n) is 5.16. The minimum Gasteiger partial charge on any atom is -0.492 e. The summed E-state index contributed by atoms with van der Waals surface area (Å²) >= 11 is 0. The lowest BCUT2D eigenvalue weighted by molar-refractivity contribution is -0.139. The maximum Gasteiger partial charge on any atom is 0.242 e. The molecular weight excluding hydrogens is 302 g/mol. The van der Waals surface area contributed by atoms with Crippen molar-refractivity contribution >= 4 is 11.6 Å². The number of ether oxygens (including phenoxy) is 1. The highest BCUT2D eigenvalue weighted by atomic mass is 16.5. The van der Waals surface area contributed by atoms with Crippen LogP contribution in [0.3, 0.4) is 0 Å². The van der Waals surface area contributed by atoms with E-state index in [1.807, 2.05) is 30.0 Å². The first-order valence-electron chi connectivity index (χ1n) is 9.15. The van der Waals surface area contributed by atoms with Crippen LogP contribution in [0.2, 0.25) is 0 Å². The third kappa shape index (κ3) is 3.51. The van der Waals surface area contributed by atoms with Crippen molar-refractivity contribution in [2.24, 2.45) is 0 Å². The molecule has 1 atom stereocenters. The maximum atomic E-state index is 12.9. The Hall–Kier alpha value is -1.75. The third-order valence-corrected chi connectivity index (χ3v) is 5.16. The van der Waals surface area contributed by atoms with Gasteiger partial charge in [-0.2, -0.15) is 0 Å². The smallest absolute Gasteiger partial charge is 0.242 e. The van der Waals surface area contributed by atoms with Gasteiger partial charge in [-0.1, -0.05) is 12.1 Å². The van der Waals surface area contributed by atoms with E-state index in [0.717, 1.165) is 57.0 Å². The Morgan fingerprint density at radius 1 is 1.21 bits per heavy atom. The highest BCUT2D eigenvalue weighted by Gasteiger charge is 2.38. The molecule has 24 heavy (non-hydrogen) atoms. The number of para-hydroxylation sites is 2. The standard InChI is InChI=1S/C19H29N3O2/c1-3-24-17-9-5-4-8-16(17)21-12-14-22(15-13-21)18(23)19(2)10-6-7-11-20-19/h4-5,8-9,20H,3,6-7,10-15H2,1-2H3. The molecule has 2 heterocycles. The van der Waals surface area contributed by atoms with Gasteiger partial charge in [0.2, 0.25) is 5.91 Å². The van der Waals surface area contributed by atoms with E-state index >= 15 is 0 Å². The number of hydrogen-bond acceptors (Lipinski definition) is 4. The zero-order valence-corrected chi connectivity index (χ0v) is 14.9. The first-order chi connectivity index (χ1) is 11.6. The van der Waals surface area contributed by atoms with E-state index in [-0.39, 0.29) is 11.4 Å². The molecule has 1 unspecified atom stereocenters. The van der Waals surface area contributed by atoms with Crippen LogP contribution in [0.15, 0.2) is 24.3 Å². The SMILES string of the molecule is CCOc1ccccc1N1CCN(C(=O)C2(C)CCCCN2)CC1. The van der Waals surface area contributed by atoms with Crippen molar-refractivity contribution in [2.45, 2.75) is 38.6 Å². The number of piperazine rings is 1. The summed E-state index contributed by atoms with van der Waals surface area (Å²) in [5.74, 6) is 1.20. The van der Waals surface area contributed by atoms with Gasteiger partial charge in [0.15, 0.2) is 0 Å². The van der Waals surface area contributed by atoms with E-state index in [4.69, 9.17) is 4.74 Å². The Labute approximate surface area is 145 Å². The summed E-state index contributed by atoms with van der Waals surface area (Å²) < 4.78 is 5.74. The minimum absolute atomic E-state index is 0.264. The average Bonchev–Trinajstić information content (AvgIpc) is 2.63. The summed E-state index contributed by atoms with van der Waals surface area (Å²) in [6.07, 6.45) is 3.25. The molecule has 0 saturated carbocycles. The molecule has 0 spiro atoms. The number of nitrogens with one attached hydrogen (secondary N) is 1. The first-order valence-corrected chi connectivity index (χ1v) is 9.15. The Kier molecular flexibility index (Phi) is 5.29. The van der Waals surface area contributed by atoms with E-state index in [1.165, 1.54) is 6.42 Å². The van der Waals surface area contributed by atoms with Crippen molar-refractivity contribution in [3.63, 3.8) is 0 Å². The van der Waals surface area contributed by atoms with Crippen molar-refractivity contribution in [3.8, 4) is 5.75 Å². The maximum absolute atomic E-state index is 12.9. The number of anilines is 1. The molecule has 2 fully saturated rings. The lowest BCUT2D eigenvalue weighted by Gasteiger charge is -2.42. The Morgan fingerprint density at radius 3 is 2.62 bits per heavy atom. The molecule has 132 valence electrons. The topological polar surface area (TPSA) is 44.8 Å². The van der Waals surface area contributed by atoms with Crippen LogP contribution in [-0.2, 0) is 4.79 Å². The Morgan fingerprint density at radius 2 is 1.96 bits per heavy atom. The summed E-state index contributed by atoms with van der Waals surface area (Å²) in [7, 11) is 0. The summed E-state index contributed by atoms with van der Waals surface area (Å²) in [5.41, 5.74) is 0.761. The summed E-state index contributed by atoms with van der Waals surface area (Å²) in [4.78, 5) is 17.3. The minimum atomic E-state index is -0.371. The number of nitrogens with zero attached hydrogens (tertiary/aromatic N) is 2. The predicted octanol–water partition coefficient (Wildman–Crippen LogP) is 2.27. The van der Waals surface area contributed by atoms with E-state index in [1.54, 1.807) is 0 Å². The van der Waals surface area contributed by atoms with Gasteiger partial charge in [0.1, 0.15) is 5.75 Å². The van der Waals surface area contributed by atoms with Gasteiger partial charge < -0.3 is 19.9 Å². The van der Waals surface area contributed by atoms with Crippen molar-refractivity contribution in [2.75, 3.05) is 44.2 Å². The van der Waals surface area contributed by atoms with Crippen LogP contribution in [0.5, 0.6) is 5.75 Å². The number of carbonyl (C=O) groups excluding carboxylic acids is 1. The van der Waals surface area contributed by atoms with Gasteiger partial charge in [-0.25, -0.2) is 0 Å². The molecule has 3 rings (SSSR count). The second kappa shape index (κ2) is 7.43. The molecule has 0 bridgehead atoms. The van der Waals surface area contributed by atoms with Gasteiger partial charge in [0.25, 0.3) is 0 Å². The highest BCUT2D eigenvalue weighted by molar-refractivity contribution is 5.86. The van der Waals surface area contributed by atoms with Gasteiger partial charge in [-0.15, -0.1) is 0 Å². The van der Waals surface area contributed by atoms with Crippen LogP contribution in [0.25, 0.3) is 0 Å². The molecule has 1 aromatic carbocycles. The number of hydrogen-bond donors (Lipinski definition) is 1. The zero-order valence-electron chi connectivity index (χ0n) is 14.9. The van der Waals surface area contributed by atoms with Crippen molar-refractivity contribution in [1.29, 1.82) is 0 Å². The molecule has 0 aliphatic carbocycles. The second-order valence-corrected chi connectivity index (χ2v) is 6.90. The van der Waals surface area contributed by atoms with E-state index in [2.05, 4.69) is 23.2 Å². The van der Waals surface area contributed by atoms with Crippen LogP contribution in [-0.4, -0.2) is 55.7 Å². The van der Waals surface area contributed by atoms with Crippen LogP contribution in [0.4, 0.5) is 5.69 Å². The molecule has 1 amide bonds. The largest absolute Gasteiger partial charge is 0.492 e. The first kappa shape index (κ1) is 17.1. The lowest BCUT2D eigenvalue weighted by atomic mass is 9.89. The molecule has 0 aromatic heterocycles. The van der Waals surface area contributed by atoms with Crippen LogP contribution >= 0.6 is 0 Å². The normalized spacial score (nSPS) is 24.8. The second-order valence-electron chi connectivity index (χ2n) is 6.90.